The molecule has 1 aliphatic heterocycles. The summed E-state index contributed by atoms with van der Waals surface area (Å²) in [5, 5.41) is 9.01. The van der Waals surface area contributed by atoms with Crippen LogP contribution in [-0.2, 0) is 10.0 Å². The lowest BCUT2D eigenvalue weighted by atomic mass is 10.0. The quantitative estimate of drug-likeness (QED) is 0.929. The van der Waals surface area contributed by atoms with E-state index in [1.54, 1.807) is 0 Å². The Morgan fingerprint density at radius 1 is 1.35 bits per heavy atom. The van der Waals surface area contributed by atoms with E-state index in [2.05, 4.69) is 6.92 Å². The van der Waals surface area contributed by atoms with Gasteiger partial charge in [0.15, 0.2) is 0 Å². The molecule has 0 unspecified atom stereocenters. The Balaban J connectivity index is 2.38. The van der Waals surface area contributed by atoms with Gasteiger partial charge in [0.25, 0.3) is 0 Å². The maximum atomic E-state index is 12.5. The van der Waals surface area contributed by atoms with Crippen molar-refractivity contribution in [2.45, 2.75) is 24.7 Å². The number of hydrogen-bond acceptors (Lipinski definition) is 3. The molecule has 0 aromatic heterocycles. The average Bonchev–Trinajstić information content (AvgIpc) is 2.39. The van der Waals surface area contributed by atoms with Crippen LogP contribution >= 0.6 is 11.6 Å². The normalized spacial score (nSPS) is 18.1. The molecule has 1 N–H and O–H groups in total. The van der Waals surface area contributed by atoms with Crippen molar-refractivity contribution in [2.24, 2.45) is 5.92 Å². The van der Waals surface area contributed by atoms with Crippen molar-refractivity contribution in [3.05, 3.63) is 28.8 Å². The van der Waals surface area contributed by atoms with Crippen molar-refractivity contribution in [2.75, 3.05) is 13.1 Å². The molecule has 1 aromatic rings. The molecular formula is C13H16ClNO4S. The van der Waals surface area contributed by atoms with E-state index in [0.717, 1.165) is 18.9 Å². The molecule has 1 aliphatic rings. The minimum atomic E-state index is -3.73. The van der Waals surface area contributed by atoms with Crippen LogP contribution in [-0.4, -0.2) is 36.9 Å². The molecule has 7 heteroatoms. The lowest BCUT2D eigenvalue weighted by Crippen LogP contribution is -2.38. The molecule has 0 radical (unpaired) electrons. The highest BCUT2D eigenvalue weighted by Crippen LogP contribution is 2.28. The number of carboxylic acid groups (broad SMARTS) is 1. The number of carbonyl (C=O) groups is 1. The average molecular weight is 318 g/mol. The molecule has 0 bridgehead atoms. The molecule has 0 aliphatic carbocycles. The summed E-state index contributed by atoms with van der Waals surface area (Å²) >= 11 is 5.93. The molecule has 1 heterocycles. The van der Waals surface area contributed by atoms with E-state index >= 15 is 0 Å². The topological polar surface area (TPSA) is 74.7 Å². The van der Waals surface area contributed by atoms with Crippen LogP contribution in [0.15, 0.2) is 23.1 Å². The SMILES string of the molecule is CC1CCN(S(=O)(=O)c2cc(C(=O)O)ccc2Cl)CC1. The maximum absolute atomic E-state index is 12.5. The molecule has 5 nitrogen and oxygen atoms in total. The van der Waals surface area contributed by atoms with Gasteiger partial charge in [0.05, 0.1) is 10.6 Å². The first-order valence-electron chi connectivity index (χ1n) is 6.35. The lowest BCUT2D eigenvalue weighted by Gasteiger charge is -2.29. The molecule has 2 rings (SSSR count). The summed E-state index contributed by atoms with van der Waals surface area (Å²) in [5.74, 6) is -0.673. The number of benzene rings is 1. The number of rotatable bonds is 3. The van der Waals surface area contributed by atoms with Gasteiger partial charge in [-0.25, -0.2) is 13.2 Å². The monoisotopic (exact) mass is 317 g/mol. The molecule has 0 amide bonds. The van der Waals surface area contributed by atoms with Crippen molar-refractivity contribution >= 4 is 27.6 Å². The smallest absolute Gasteiger partial charge is 0.335 e. The van der Waals surface area contributed by atoms with Crippen LogP contribution in [0.3, 0.4) is 0 Å². The van der Waals surface area contributed by atoms with Crippen LogP contribution in [0.4, 0.5) is 0 Å². The van der Waals surface area contributed by atoms with Crippen LogP contribution in [0.1, 0.15) is 30.1 Å². The number of carboxylic acids is 1. The van der Waals surface area contributed by atoms with E-state index in [9.17, 15) is 13.2 Å². The molecule has 1 saturated heterocycles. The van der Waals surface area contributed by atoms with Gasteiger partial charge in [-0.05, 0) is 37.0 Å². The van der Waals surface area contributed by atoms with Gasteiger partial charge >= 0.3 is 5.97 Å². The van der Waals surface area contributed by atoms with Gasteiger partial charge in [-0.1, -0.05) is 18.5 Å². The van der Waals surface area contributed by atoms with Crippen LogP contribution in [0.2, 0.25) is 5.02 Å². The second kappa shape index (κ2) is 5.71. The van der Waals surface area contributed by atoms with Crippen LogP contribution in [0.5, 0.6) is 0 Å². The third-order valence-electron chi connectivity index (χ3n) is 3.54. The van der Waals surface area contributed by atoms with Gasteiger partial charge in [0.1, 0.15) is 4.90 Å². The first-order valence-corrected chi connectivity index (χ1v) is 8.17. The molecule has 1 aromatic carbocycles. The van der Waals surface area contributed by atoms with E-state index in [1.165, 1.54) is 16.4 Å². The third-order valence-corrected chi connectivity index (χ3v) is 5.92. The summed E-state index contributed by atoms with van der Waals surface area (Å²) in [6.07, 6.45) is 1.60. The Kier molecular flexibility index (Phi) is 4.36. The summed E-state index contributed by atoms with van der Waals surface area (Å²) in [7, 11) is -3.73. The largest absolute Gasteiger partial charge is 0.478 e. The van der Waals surface area contributed by atoms with Crippen molar-refractivity contribution in [1.82, 2.24) is 4.31 Å². The molecule has 110 valence electrons. The molecule has 1 fully saturated rings. The summed E-state index contributed by atoms with van der Waals surface area (Å²) in [5.41, 5.74) is -0.0849. The van der Waals surface area contributed by atoms with Gasteiger partial charge in [-0.2, -0.15) is 4.31 Å². The summed E-state index contributed by atoms with van der Waals surface area (Å²) in [4.78, 5) is 10.8. The number of aromatic carboxylic acids is 1. The Morgan fingerprint density at radius 2 is 1.95 bits per heavy atom. The van der Waals surface area contributed by atoms with E-state index in [4.69, 9.17) is 16.7 Å². The lowest BCUT2D eigenvalue weighted by molar-refractivity contribution is 0.0696. The first kappa shape index (κ1) is 15.3. The second-order valence-electron chi connectivity index (χ2n) is 5.04. The molecule has 0 saturated carbocycles. The Bertz CT molecular complexity index is 621. The Hall–Kier alpha value is -1.11. The van der Waals surface area contributed by atoms with Gasteiger partial charge in [-0.3, -0.25) is 0 Å². The number of halogens is 1. The van der Waals surface area contributed by atoms with Crippen LogP contribution in [0.25, 0.3) is 0 Å². The Morgan fingerprint density at radius 3 is 2.50 bits per heavy atom. The molecule has 0 spiro atoms. The van der Waals surface area contributed by atoms with Gasteiger partial charge in [0.2, 0.25) is 10.0 Å². The highest BCUT2D eigenvalue weighted by Gasteiger charge is 2.30. The number of piperidine rings is 1. The zero-order chi connectivity index (χ0) is 14.9. The molecule has 20 heavy (non-hydrogen) atoms. The number of hydrogen-bond donors (Lipinski definition) is 1. The van der Waals surface area contributed by atoms with Gasteiger partial charge in [0, 0.05) is 13.1 Å². The highest BCUT2D eigenvalue weighted by atomic mass is 35.5. The fraction of sp³-hybridized carbons (Fsp3) is 0.462. The van der Waals surface area contributed by atoms with Gasteiger partial charge in [-0.15, -0.1) is 0 Å². The predicted octanol–water partition coefficient (Wildman–Crippen LogP) is 2.46. The maximum Gasteiger partial charge on any atom is 0.335 e. The van der Waals surface area contributed by atoms with E-state index in [1.807, 2.05) is 0 Å². The summed E-state index contributed by atoms with van der Waals surface area (Å²) < 4.78 is 26.5. The van der Waals surface area contributed by atoms with E-state index < -0.39 is 16.0 Å². The Labute approximate surface area is 123 Å². The minimum absolute atomic E-state index is 0.0496. The zero-order valence-corrected chi connectivity index (χ0v) is 12.6. The van der Waals surface area contributed by atoms with Gasteiger partial charge < -0.3 is 5.11 Å². The van der Waals surface area contributed by atoms with Crippen molar-refractivity contribution in [3.8, 4) is 0 Å². The number of nitrogens with zero attached hydrogens (tertiary/aromatic N) is 1. The predicted molar refractivity (Wildman–Crippen MR) is 75.6 cm³/mol. The minimum Gasteiger partial charge on any atom is -0.478 e. The highest BCUT2D eigenvalue weighted by molar-refractivity contribution is 7.89. The van der Waals surface area contributed by atoms with E-state index in [0.29, 0.717) is 19.0 Å². The molecular weight excluding hydrogens is 302 g/mol. The summed E-state index contributed by atoms with van der Waals surface area (Å²) in [6.45, 7) is 2.97. The zero-order valence-electron chi connectivity index (χ0n) is 11.0. The first-order chi connectivity index (χ1) is 9.32. The van der Waals surface area contributed by atoms with Crippen LogP contribution < -0.4 is 0 Å². The van der Waals surface area contributed by atoms with E-state index in [-0.39, 0.29) is 15.5 Å². The second-order valence-corrected chi connectivity index (χ2v) is 7.35. The fourth-order valence-corrected chi connectivity index (χ4v) is 4.17. The van der Waals surface area contributed by atoms with Crippen molar-refractivity contribution in [1.29, 1.82) is 0 Å². The van der Waals surface area contributed by atoms with Crippen molar-refractivity contribution < 1.29 is 18.3 Å². The fourth-order valence-electron chi connectivity index (χ4n) is 2.20. The number of sulfonamides is 1. The summed E-state index contributed by atoms with van der Waals surface area (Å²) in [6, 6.07) is 3.73. The third kappa shape index (κ3) is 2.97. The van der Waals surface area contributed by atoms with Crippen molar-refractivity contribution in [3.63, 3.8) is 0 Å². The standard InChI is InChI=1S/C13H16ClNO4S/c1-9-4-6-15(7-5-9)20(18,19)12-8-10(13(16)17)2-3-11(12)14/h2-3,8-9H,4-7H2,1H3,(H,16,17). The molecule has 0 atom stereocenters. The van der Waals surface area contributed by atoms with Crippen LogP contribution in [0, 0.1) is 5.92 Å².